The number of rotatable bonds is 3. The largest absolute Gasteiger partial charge is 0.293 e. The first kappa shape index (κ1) is 15.7. The number of benzene rings is 1. The number of aromatic amines is 1. The molecular formula is C18H16F2N4O. The summed E-state index contributed by atoms with van der Waals surface area (Å²) in [4.78, 5) is 18.8. The highest BCUT2D eigenvalue weighted by Gasteiger charge is 2.23. The average Bonchev–Trinajstić information content (AvgIpc) is 2.91. The third kappa shape index (κ3) is 3.10. The zero-order valence-corrected chi connectivity index (χ0v) is 13.4. The predicted octanol–water partition coefficient (Wildman–Crippen LogP) is 2.40. The molecule has 25 heavy (non-hydrogen) atoms. The molecular weight excluding hydrogens is 326 g/mol. The van der Waals surface area contributed by atoms with Gasteiger partial charge in [0, 0.05) is 37.5 Å². The summed E-state index contributed by atoms with van der Waals surface area (Å²) < 4.78 is 28.1. The number of aromatic nitrogens is 3. The van der Waals surface area contributed by atoms with E-state index in [0.717, 1.165) is 17.3 Å². The molecule has 1 aromatic carbocycles. The maximum Gasteiger partial charge on any atom is 0.276 e. The number of H-pyrrole nitrogens is 1. The smallest absolute Gasteiger partial charge is 0.276 e. The number of nitrogens with zero attached hydrogens (tertiary/aromatic N) is 3. The molecule has 2 aromatic heterocycles. The lowest BCUT2D eigenvalue weighted by molar-refractivity contribution is 0.241. The Morgan fingerprint density at radius 2 is 1.96 bits per heavy atom. The molecule has 0 spiro atoms. The summed E-state index contributed by atoms with van der Waals surface area (Å²) in [7, 11) is 0. The van der Waals surface area contributed by atoms with Crippen LogP contribution in [0.15, 0.2) is 47.4 Å². The highest BCUT2D eigenvalue weighted by atomic mass is 19.1. The highest BCUT2D eigenvalue weighted by molar-refractivity contribution is 5.28. The Hall–Kier alpha value is -2.80. The van der Waals surface area contributed by atoms with Crippen molar-refractivity contribution in [2.45, 2.75) is 19.5 Å². The van der Waals surface area contributed by atoms with E-state index in [4.69, 9.17) is 0 Å². The van der Waals surface area contributed by atoms with Crippen LogP contribution in [0, 0.1) is 11.6 Å². The lowest BCUT2D eigenvalue weighted by Crippen LogP contribution is -2.31. The van der Waals surface area contributed by atoms with Gasteiger partial charge in [-0.15, -0.1) is 0 Å². The number of hydrogen-bond donors (Lipinski definition) is 1. The van der Waals surface area contributed by atoms with E-state index in [1.165, 1.54) is 16.8 Å². The fraction of sp³-hybridized carbons (Fsp3) is 0.222. The SMILES string of the molecule is O=c1c2c([nH]n1-c1ccccn1)CN(Cc1cc(F)cc(F)c1)CC2. The summed E-state index contributed by atoms with van der Waals surface area (Å²) in [6.07, 6.45) is 2.22. The summed E-state index contributed by atoms with van der Waals surface area (Å²) in [5.41, 5.74) is 2.05. The van der Waals surface area contributed by atoms with Gasteiger partial charge in [-0.05, 0) is 36.2 Å². The average molecular weight is 342 g/mol. The lowest BCUT2D eigenvalue weighted by atomic mass is 10.1. The summed E-state index contributed by atoms with van der Waals surface area (Å²) in [6, 6.07) is 8.90. The number of pyridine rings is 1. The molecule has 3 aromatic rings. The minimum absolute atomic E-state index is 0.0925. The molecule has 1 N–H and O–H groups in total. The van der Waals surface area contributed by atoms with Gasteiger partial charge in [0.25, 0.3) is 5.56 Å². The molecule has 0 fully saturated rings. The van der Waals surface area contributed by atoms with Crippen molar-refractivity contribution in [2.24, 2.45) is 0 Å². The molecule has 0 unspecified atom stereocenters. The van der Waals surface area contributed by atoms with Gasteiger partial charge in [-0.1, -0.05) is 6.07 Å². The molecule has 3 heterocycles. The van der Waals surface area contributed by atoms with Crippen LogP contribution in [0.5, 0.6) is 0 Å². The van der Waals surface area contributed by atoms with E-state index in [9.17, 15) is 13.6 Å². The van der Waals surface area contributed by atoms with Crippen molar-refractivity contribution in [1.82, 2.24) is 19.7 Å². The Kier molecular flexibility index (Phi) is 3.93. The van der Waals surface area contributed by atoms with Gasteiger partial charge >= 0.3 is 0 Å². The van der Waals surface area contributed by atoms with E-state index in [1.54, 1.807) is 18.3 Å². The van der Waals surface area contributed by atoms with E-state index in [-0.39, 0.29) is 5.56 Å². The van der Waals surface area contributed by atoms with Crippen molar-refractivity contribution in [3.63, 3.8) is 0 Å². The number of fused-ring (bicyclic) bond motifs is 1. The summed E-state index contributed by atoms with van der Waals surface area (Å²) >= 11 is 0. The van der Waals surface area contributed by atoms with Crippen LogP contribution >= 0.6 is 0 Å². The van der Waals surface area contributed by atoms with Crippen LogP contribution in [0.25, 0.3) is 5.82 Å². The fourth-order valence-corrected chi connectivity index (χ4v) is 3.22. The maximum absolute atomic E-state index is 13.3. The van der Waals surface area contributed by atoms with Crippen molar-refractivity contribution in [3.05, 3.63) is 81.4 Å². The van der Waals surface area contributed by atoms with Crippen LogP contribution in [0.4, 0.5) is 8.78 Å². The molecule has 0 bridgehead atoms. The number of hydrogen-bond acceptors (Lipinski definition) is 3. The van der Waals surface area contributed by atoms with Crippen LogP contribution in [0.3, 0.4) is 0 Å². The number of nitrogens with one attached hydrogen (secondary N) is 1. The van der Waals surface area contributed by atoms with Gasteiger partial charge in [0.2, 0.25) is 0 Å². The molecule has 128 valence electrons. The first-order valence-corrected chi connectivity index (χ1v) is 8.01. The molecule has 0 radical (unpaired) electrons. The molecule has 0 aliphatic carbocycles. The van der Waals surface area contributed by atoms with Crippen molar-refractivity contribution < 1.29 is 8.78 Å². The first-order chi connectivity index (χ1) is 12.1. The summed E-state index contributed by atoms with van der Waals surface area (Å²) in [5, 5.41) is 3.11. The molecule has 7 heteroatoms. The Morgan fingerprint density at radius 3 is 2.68 bits per heavy atom. The van der Waals surface area contributed by atoms with Crippen LogP contribution in [0.1, 0.15) is 16.8 Å². The molecule has 1 aliphatic rings. The second-order valence-corrected chi connectivity index (χ2v) is 6.14. The normalized spacial score (nSPS) is 14.5. The van der Waals surface area contributed by atoms with Crippen LogP contribution in [0.2, 0.25) is 0 Å². The molecule has 0 amide bonds. The van der Waals surface area contributed by atoms with Crippen molar-refractivity contribution in [3.8, 4) is 5.82 Å². The van der Waals surface area contributed by atoms with Gasteiger partial charge in [-0.2, -0.15) is 0 Å². The Morgan fingerprint density at radius 1 is 1.16 bits per heavy atom. The molecule has 1 aliphatic heterocycles. The molecule has 0 atom stereocenters. The van der Waals surface area contributed by atoms with Gasteiger partial charge in [0.15, 0.2) is 5.82 Å². The minimum Gasteiger partial charge on any atom is -0.293 e. The molecule has 0 saturated heterocycles. The van der Waals surface area contributed by atoms with Crippen molar-refractivity contribution >= 4 is 0 Å². The van der Waals surface area contributed by atoms with Crippen molar-refractivity contribution in [2.75, 3.05) is 6.54 Å². The second-order valence-electron chi connectivity index (χ2n) is 6.14. The Labute approximate surface area is 142 Å². The van der Waals surface area contributed by atoms with E-state index < -0.39 is 11.6 Å². The van der Waals surface area contributed by atoms with E-state index in [1.807, 2.05) is 6.07 Å². The van der Waals surface area contributed by atoms with E-state index in [2.05, 4.69) is 15.0 Å². The van der Waals surface area contributed by atoms with Crippen molar-refractivity contribution in [1.29, 1.82) is 0 Å². The van der Waals surface area contributed by atoms with Crippen LogP contribution < -0.4 is 5.56 Å². The summed E-state index contributed by atoms with van der Waals surface area (Å²) in [6.45, 7) is 1.59. The fourth-order valence-electron chi connectivity index (χ4n) is 3.22. The first-order valence-electron chi connectivity index (χ1n) is 8.01. The maximum atomic E-state index is 13.3. The minimum atomic E-state index is -0.581. The monoisotopic (exact) mass is 342 g/mol. The van der Waals surface area contributed by atoms with Gasteiger partial charge in [0.05, 0.1) is 5.69 Å². The zero-order valence-electron chi connectivity index (χ0n) is 13.4. The molecule has 0 saturated carbocycles. The summed E-state index contributed by atoms with van der Waals surface area (Å²) in [5.74, 6) is -0.620. The van der Waals surface area contributed by atoms with Gasteiger partial charge in [0.1, 0.15) is 11.6 Å². The third-order valence-corrected chi connectivity index (χ3v) is 4.34. The second kappa shape index (κ2) is 6.25. The molecule has 5 nitrogen and oxygen atoms in total. The standard InChI is InChI=1S/C18H16F2N4O/c19-13-7-12(8-14(20)9-13)10-23-6-4-15-16(11-23)22-24(18(15)25)17-3-1-2-5-21-17/h1-3,5,7-9,22H,4,6,10-11H2. The topological polar surface area (TPSA) is 53.9 Å². The number of halogens is 2. The van der Waals surface area contributed by atoms with Crippen LogP contribution in [-0.4, -0.2) is 26.2 Å². The predicted molar refractivity (Wildman–Crippen MR) is 88.4 cm³/mol. The highest BCUT2D eigenvalue weighted by Crippen LogP contribution is 2.18. The third-order valence-electron chi connectivity index (χ3n) is 4.34. The molecule has 4 rings (SSSR count). The van der Waals surface area contributed by atoms with E-state index in [0.29, 0.717) is 37.4 Å². The van der Waals surface area contributed by atoms with Crippen LogP contribution in [-0.2, 0) is 19.5 Å². The van der Waals surface area contributed by atoms with Gasteiger partial charge < -0.3 is 0 Å². The zero-order chi connectivity index (χ0) is 17.4. The quantitative estimate of drug-likeness (QED) is 0.795. The van der Waals surface area contributed by atoms with E-state index >= 15 is 0 Å². The van der Waals surface area contributed by atoms with Gasteiger partial charge in [-0.3, -0.25) is 14.8 Å². The lowest BCUT2D eigenvalue weighted by Gasteiger charge is -2.25. The Balaban J connectivity index is 1.58. The Bertz CT molecular complexity index is 945. The van der Waals surface area contributed by atoms with Gasteiger partial charge in [-0.25, -0.2) is 18.4 Å².